The van der Waals surface area contributed by atoms with Crippen molar-refractivity contribution < 1.29 is 9.53 Å². The maximum Gasteiger partial charge on any atom is 0.253 e. The number of carbonyl (C=O) groups is 1. The number of imidazole rings is 1. The van der Waals surface area contributed by atoms with E-state index in [1.165, 1.54) is 6.20 Å². The monoisotopic (exact) mass is 356 g/mol. The Hall–Kier alpha value is -2.86. The van der Waals surface area contributed by atoms with E-state index in [-0.39, 0.29) is 5.91 Å². The van der Waals surface area contributed by atoms with Crippen molar-refractivity contribution in [2.45, 2.75) is 6.04 Å². The molecule has 128 valence electrons. The molecule has 3 aromatic rings. The fourth-order valence-electron chi connectivity index (χ4n) is 2.57. The quantitative estimate of drug-likeness (QED) is 0.713. The number of amides is 1. The van der Waals surface area contributed by atoms with Crippen LogP contribution in [0.2, 0.25) is 5.15 Å². The molecule has 0 fully saturated rings. The van der Waals surface area contributed by atoms with Gasteiger partial charge in [0.15, 0.2) is 0 Å². The van der Waals surface area contributed by atoms with Crippen molar-refractivity contribution >= 4 is 17.5 Å². The molecule has 0 saturated carbocycles. The summed E-state index contributed by atoms with van der Waals surface area (Å²) in [5.74, 6) is 1.09. The van der Waals surface area contributed by atoms with Gasteiger partial charge < -0.3 is 14.6 Å². The van der Waals surface area contributed by atoms with Crippen LogP contribution in [-0.2, 0) is 7.05 Å². The summed E-state index contributed by atoms with van der Waals surface area (Å²) in [4.78, 5) is 21.0. The van der Waals surface area contributed by atoms with Gasteiger partial charge in [-0.05, 0) is 18.2 Å². The number of nitrogens with one attached hydrogen (secondary N) is 1. The summed E-state index contributed by atoms with van der Waals surface area (Å²) >= 11 is 5.79. The number of aromatic nitrogens is 3. The number of carbonyl (C=O) groups excluding carboxylic acids is 1. The van der Waals surface area contributed by atoms with Crippen LogP contribution in [-0.4, -0.2) is 27.6 Å². The van der Waals surface area contributed by atoms with Gasteiger partial charge in [0, 0.05) is 31.2 Å². The molecule has 1 atom stereocenters. The van der Waals surface area contributed by atoms with Crippen molar-refractivity contribution in [3.63, 3.8) is 0 Å². The van der Waals surface area contributed by atoms with Gasteiger partial charge in [-0.3, -0.25) is 4.79 Å². The minimum atomic E-state index is -0.473. The highest BCUT2D eigenvalue weighted by Crippen LogP contribution is 2.29. The molecule has 0 aliphatic heterocycles. The summed E-state index contributed by atoms with van der Waals surface area (Å²) in [6.07, 6.45) is 4.96. The molecule has 6 nitrogen and oxygen atoms in total. The molecule has 7 heteroatoms. The Balaban J connectivity index is 1.99. The highest BCUT2D eigenvalue weighted by atomic mass is 35.5. The molecule has 25 heavy (non-hydrogen) atoms. The SMILES string of the molecule is COc1ccccc1C(NC(=O)c1ccc(Cl)nc1)c1nccn1C. The lowest BCUT2D eigenvalue weighted by Gasteiger charge is -2.21. The van der Waals surface area contributed by atoms with Crippen LogP contribution in [0.1, 0.15) is 27.8 Å². The first-order valence-corrected chi connectivity index (χ1v) is 8.00. The largest absolute Gasteiger partial charge is 0.496 e. The molecule has 0 bridgehead atoms. The highest BCUT2D eigenvalue weighted by molar-refractivity contribution is 6.29. The molecule has 2 heterocycles. The predicted molar refractivity (Wildman–Crippen MR) is 94.8 cm³/mol. The third-order valence-corrected chi connectivity index (χ3v) is 4.06. The first-order chi connectivity index (χ1) is 12.1. The topological polar surface area (TPSA) is 69.0 Å². The lowest BCUT2D eigenvalue weighted by Crippen LogP contribution is -2.31. The Kier molecular flexibility index (Phi) is 5.00. The van der Waals surface area contributed by atoms with E-state index in [0.717, 1.165) is 5.56 Å². The van der Waals surface area contributed by atoms with Gasteiger partial charge in [0.05, 0.1) is 12.7 Å². The minimum absolute atomic E-state index is 0.275. The average molecular weight is 357 g/mol. The molecular formula is C18H17ClN4O2. The molecule has 1 aromatic carbocycles. The number of para-hydroxylation sites is 1. The lowest BCUT2D eigenvalue weighted by molar-refractivity contribution is 0.0940. The maximum absolute atomic E-state index is 12.7. The Morgan fingerprint density at radius 1 is 1.24 bits per heavy atom. The number of halogens is 1. The Bertz CT molecular complexity index is 877. The van der Waals surface area contributed by atoms with Crippen LogP contribution in [0.15, 0.2) is 55.0 Å². The molecule has 0 saturated heterocycles. The molecule has 2 aromatic heterocycles. The van der Waals surface area contributed by atoms with Crippen molar-refractivity contribution in [2.24, 2.45) is 7.05 Å². The summed E-state index contributed by atoms with van der Waals surface area (Å²) in [5.41, 5.74) is 1.23. The average Bonchev–Trinajstić information content (AvgIpc) is 3.06. The summed E-state index contributed by atoms with van der Waals surface area (Å²) in [5, 5.41) is 3.34. The van der Waals surface area contributed by atoms with Gasteiger partial charge in [0.25, 0.3) is 5.91 Å². The van der Waals surface area contributed by atoms with E-state index >= 15 is 0 Å². The molecular weight excluding hydrogens is 340 g/mol. The van der Waals surface area contributed by atoms with Crippen molar-refractivity contribution in [3.05, 3.63) is 77.1 Å². The second kappa shape index (κ2) is 7.36. The van der Waals surface area contributed by atoms with Crippen molar-refractivity contribution in [2.75, 3.05) is 7.11 Å². The van der Waals surface area contributed by atoms with Gasteiger partial charge in [-0.2, -0.15) is 0 Å². The Morgan fingerprint density at radius 3 is 2.68 bits per heavy atom. The number of aryl methyl sites for hydroxylation is 1. The highest BCUT2D eigenvalue weighted by Gasteiger charge is 2.24. The zero-order valence-corrected chi connectivity index (χ0v) is 14.6. The van der Waals surface area contributed by atoms with Crippen LogP contribution in [0.25, 0.3) is 0 Å². The number of benzene rings is 1. The van der Waals surface area contributed by atoms with E-state index < -0.39 is 6.04 Å². The number of ether oxygens (including phenoxy) is 1. The van der Waals surface area contributed by atoms with Gasteiger partial charge >= 0.3 is 0 Å². The van der Waals surface area contributed by atoms with Gasteiger partial charge in [-0.1, -0.05) is 29.8 Å². The van der Waals surface area contributed by atoms with Crippen molar-refractivity contribution in [1.82, 2.24) is 19.9 Å². The molecule has 1 unspecified atom stereocenters. The molecule has 0 aliphatic rings. The fraction of sp³-hybridized carbons (Fsp3) is 0.167. The summed E-state index contributed by atoms with van der Waals surface area (Å²) in [6.45, 7) is 0. The van der Waals surface area contributed by atoms with Crippen LogP contribution >= 0.6 is 11.6 Å². The summed E-state index contributed by atoms with van der Waals surface area (Å²) < 4.78 is 7.31. The van der Waals surface area contributed by atoms with Crippen LogP contribution < -0.4 is 10.1 Å². The second-order valence-corrected chi connectivity index (χ2v) is 5.80. The third kappa shape index (κ3) is 3.64. The number of methoxy groups -OCH3 is 1. The zero-order chi connectivity index (χ0) is 17.8. The number of hydrogen-bond donors (Lipinski definition) is 1. The molecule has 1 N–H and O–H groups in total. The number of nitrogens with zero attached hydrogens (tertiary/aromatic N) is 3. The predicted octanol–water partition coefficient (Wildman–Crippen LogP) is 3.00. The Labute approximate surface area is 150 Å². The van der Waals surface area contributed by atoms with E-state index in [9.17, 15) is 4.79 Å². The number of hydrogen-bond acceptors (Lipinski definition) is 4. The van der Waals surface area contributed by atoms with Crippen LogP contribution in [0, 0.1) is 0 Å². The lowest BCUT2D eigenvalue weighted by atomic mass is 10.0. The maximum atomic E-state index is 12.7. The fourth-order valence-corrected chi connectivity index (χ4v) is 2.68. The van der Waals surface area contributed by atoms with E-state index in [4.69, 9.17) is 16.3 Å². The first-order valence-electron chi connectivity index (χ1n) is 7.62. The Morgan fingerprint density at radius 2 is 2.04 bits per heavy atom. The first kappa shape index (κ1) is 17.0. The van der Waals surface area contributed by atoms with Crippen molar-refractivity contribution in [1.29, 1.82) is 0 Å². The van der Waals surface area contributed by atoms with E-state index in [1.807, 2.05) is 42.1 Å². The molecule has 0 aliphatic carbocycles. The molecule has 0 spiro atoms. The second-order valence-electron chi connectivity index (χ2n) is 5.41. The van der Waals surface area contributed by atoms with Crippen LogP contribution in [0.4, 0.5) is 0 Å². The zero-order valence-electron chi connectivity index (χ0n) is 13.8. The van der Waals surface area contributed by atoms with Crippen LogP contribution in [0.5, 0.6) is 5.75 Å². The third-order valence-electron chi connectivity index (χ3n) is 3.83. The van der Waals surface area contributed by atoms with E-state index in [0.29, 0.717) is 22.3 Å². The number of rotatable bonds is 5. The summed E-state index contributed by atoms with van der Waals surface area (Å²) in [6, 6.07) is 10.3. The van der Waals surface area contributed by atoms with E-state index in [1.54, 1.807) is 25.4 Å². The van der Waals surface area contributed by atoms with E-state index in [2.05, 4.69) is 15.3 Å². The van der Waals surface area contributed by atoms with Gasteiger partial charge in [-0.15, -0.1) is 0 Å². The van der Waals surface area contributed by atoms with Gasteiger partial charge in [0.1, 0.15) is 22.8 Å². The number of pyridine rings is 1. The standard InChI is InChI=1S/C18H17ClN4O2/c1-23-10-9-20-17(23)16(13-5-3-4-6-14(13)25-2)22-18(24)12-7-8-15(19)21-11-12/h3-11,16H,1-2H3,(H,22,24). The minimum Gasteiger partial charge on any atom is -0.496 e. The summed E-state index contributed by atoms with van der Waals surface area (Å²) in [7, 11) is 3.47. The smallest absolute Gasteiger partial charge is 0.253 e. The van der Waals surface area contributed by atoms with Gasteiger partial charge in [0.2, 0.25) is 0 Å². The molecule has 0 radical (unpaired) electrons. The normalized spacial score (nSPS) is 11.8. The molecule has 3 rings (SSSR count). The molecule has 1 amide bonds. The van der Waals surface area contributed by atoms with Crippen molar-refractivity contribution in [3.8, 4) is 5.75 Å². The van der Waals surface area contributed by atoms with Gasteiger partial charge in [-0.25, -0.2) is 9.97 Å². The van der Waals surface area contributed by atoms with Crippen LogP contribution in [0.3, 0.4) is 0 Å².